The molecule has 0 aromatic rings. The summed E-state index contributed by atoms with van der Waals surface area (Å²) >= 11 is 0. The van der Waals surface area contributed by atoms with E-state index in [2.05, 4.69) is 10.1 Å². The Hall–Kier alpha value is -1.30. The van der Waals surface area contributed by atoms with Crippen LogP contribution in [0, 0.1) is 0 Å². The van der Waals surface area contributed by atoms with Crippen LogP contribution in [0.15, 0.2) is 0 Å². The van der Waals surface area contributed by atoms with Crippen molar-refractivity contribution in [3.63, 3.8) is 0 Å². The minimum absolute atomic E-state index is 0.258. The molecule has 10 heteroatoms. The zero-order valence-electron chi connectivity index (χ0n) is 14.9. The van der Waals surface area contributed by atoms with Crippen LogP contribution in [0.2, 0.25) is 0 Å². The second kappa shape index (κ2) is 12.1. The summed E-state index contributed by atoms with van der Waals surface area (Å²) in [7, 11) is 3.73. The van der Waals surface area contributed by atoms with Gasteiger partial charge in [0.25, 0.3) is 0 Å². The van der Waals surface area contributed by atoms with Gasteiger partial charge in [-0.2, -0.15) is 0 Å². The summed E-state index contributed by atoms with van der Waals surface area (Å²) in [5.41, 5.74) is 0. The van der Waals surface area contributed by atoms with Crippen LogP contribution in [0.5, 0.6) is 0 Å². The monoisotopic (exact) mass is 367 g/mol. The summed E-state index contributed by atoms with van der Waals surface area (Å²) in [6.45, 7) is 0.605. The molecule has 0 aromatic carbocycles. The third-order valence-electron chi connectivity index (χ3n) is 3.72. The Bertz CT molecular complexity index is 406. The first kappa shape index (κ1) is 23.7. The average molecular weight is 367 g/mol. The highest BCUT2D eigenvalue weighted by Gasteiger charge is 2.39. The maximum absolute atomic E-state index is 11.5. The molecule has 0 aromatic heterocycles. The van der Waals surface area contributed by atoms with Crippen molar-refractivity contribution in [2.75, 3.05) is 27.9 Å². The summed E-state index contributed by atoms with van der Waals surface area (Å²) in [6, 6.07) is -1.07. The van der Waals surface area contributed by atoms with E-state index < -0.39 is 55.0 Å². The van der Waals surface area contributed by atoms with E-state index in [1.54, 1.807) is 0 Å². The van der Waals surface area contributed by atoms with Crippen molar-refractivity contribution >= 4 is 11.9 Å². The molecule has 6 atom stereocenters. The van der Waals surface area contributed by atoms with E-state index in [0.717, 1.165) is 0 Å². The van der Waals surface area contributed by atoms with E-state index in [-0.39, 0.29) is 12.8 Å². The van der Waals surface area contributed by atoms with Crippen LogP contribution in [-0.2, 0) is 23.8 Å². The van der Waals surface area contributed by atoms with Crippen molar-refractivity contribution in [1.29, 1.82) is 0 Å². The first-order valence-corrected chi connectivity index (χ1v) is 7.76. The van der Waals surface area contributed by atoms with E-state index in [1.165, 1.54) is 28.3 Å². The Morgan fingerprint density at radius 3 is 1.96 bits per heavy atom. The van der Waals surface area contributed by atoms with Gasteiger partial charge in [-0.05, 0) is 0 Å². The number of aliphatic hydroxyl groups excluding tert-OH is 4. The van der Waals surface area contributed by atoms with Crippen LogP contribution >= 0.6 is 0 Å². The SMILES string of the molecule is COC(=O)CC(O)C[C@H](O)[C@@H](NC(C)=O)[C@@H](OC)[C@H](OC)[C@H](O)CO. The van der Waals surface area contributed by atoms with Crippen LogP contribution in [-0.4, -0.2) is 96.8 Å². The van der Waals surface area contributed by atoms with Crippen molar-refractivity contribution in [3.05, 3.63) is 0 Å². The zero-order valence-corrected chi connectivity index (χ0v) is 14.9. The molecule has 0 radical (unpaired) electrons. The number of amides is 1. The fourth-order valence-electron chi connectivity index (χ4n) is 2.52. The van der Waals surface area contributed by atoms with Crippen LogP contribution in [0.1, 0.15) is 19.8 Å². The van der Waals surface area contributed by atoms with Crippen molar-refractivity contribution in [2.45, 2.75) is 56.3 Å². The number of hydrogen-bond acceptors (Lipinski definition) is 9. The third kappa shape index (κ3) is 8.08. The standard InChI is InChI=1S/C15H29NO9/c1-8(18)16-13(10(20)5-9(19)6-12(22)23-2)15(25-4)14(24-3)11(21)7-17/h9-11,13-15,17,19-21H,5-7H2,1-4H3,(H,16,18)/t9?,10-,11+,13+,14+,15+/m0/s1. The van der Waals surface area contributed by atoms with Gasteiger partial charge in [0.1, 0.15) is 18.3 Å². The fraction of sp³-hybridized carbons (Fsp3) is 0.867. The Labute approximate surface area is 146 Å². The lowest BCUT2D eigenvalue weighted by molar-refractivity contribution is -0.145. The van der Waals surface area contributed by atoms with Crippen molar-refractivity contribution in [1.82, 2.24) is 5.32 Å². The molecule has 0 spiro atoms. The minimum Gasteiger partial charge on any atom is -0.469 e. The van der Waals surface area contributed by atoms with Gasteiger partial charge in [0.15, 0.2) is 0 Å². The Balaban J connectivity index is 5.28. The fourth-order valence-corrected chi connectivity index (χ4v) is 2.52. The van der Waals surface area contributed by atoms with Crippen LogP contribution in [0.4, 0.5) is 0 Å². The average Bonchev–Trinajstić information content (AvgIpc) is 2.56. The maximum Gasteiger partial charge on any atom is 0.308 e. The number of methoxy groups -OCH3 is 3. The summed E-state index contributed by atoms with van der Waals surface area (Å²) in [5, 5.41) is 41.8. The number of carbonyl (C=O) groups excluding carboxylic acids is 2. The van der Waals surface area contributed by atoms with E-state index in [1.807, 2.05) is 0 Å². The minimum atomic E-state index is -1.32. The van der Waals surface area contributed by atoms with Gasteiger partial charge in [0.05, 0.1) is 38.4 Å². The predicted molar refractivity (Wildman–Crippen MR) is 85.6 cm³/mol. The normalized spacial score (nSPS) is 18.6. The lowest BCUT2D eigenvalue weighted by Gasteiger charge is -2.36. The quantitative estimate of drug-likeness (QED) is 0.236. The number of aliphatic hydroxyl groups is 4. The van der Waals surface area contributed by atoms with Gasteiger partial charge in [-0.1, -0.05) is 0 Å². The van der Waals surface area contributed by atoms with Gasteiger partial charge in [0.2, 0.25) is 5.91 Å². The van der Waals surface area contributed by atoms with Crippen molar-refractivity contribution in [3.8, 4) is 0 Å². The summed E-state index contributed by atoms with van der Waals surface area (Å²) in [5.74, 6) is -1.13. The second-order valence-corrected chi connectivity index (χ2v) is 5.61. The van der Waals surface area contributed by atoms with E-state index in [0.29, 0.717) is 0 Å². The van der Waals surface area contributed by atoms with E-state index >= 15 is 0 Å². The molecule has 10 nitrogen and oxygen atoms in total. The first-order valence-electron chi connectivity index (χ1n) is 7.76. The summed E-state index contributed by atoms with van der Waals surface area (Å²) in [6.07, 6.45) is -6.53. The lowest BCUT2D eigenvalue weighted by Crippen LogP contribution is -2.59. The Kier molecular flexibility index (Phi) is 11.5. The maximum atomic E-state index is 11.5. The number of ether oxygens (including phenoxy) is 3. The van der Waals surface area contributed by atoms with E-state index in [4.69, 9.17) is 14.6 Å². The Morgan fingerprint density at radius 2 is 1.56 bits per heavy atom. The van der Waals surface area contributed by atoms with Crippen LogP contribution in [0.3, 0.4) is 0 Å². The van der Waals surface area contributed by atoms with Gasteiger partial charge >= 0.3 is 5.97 Å². The predicted octanol–water partition coefficient (Wildman–Crippen LogP) is -2.45. The molecule has 0 aliphatic carbocycles. The number of hydrogen-bond donors (Lipinski definition) is 5. The van der Waals surface area contributed by atoms with Crippen molar-refractivity contribution in [2.24, 2.45) is 0 Å². The molecule has 0 rings (SSSR count). The van der Waals surface area contributed by atoms with Gasteiger partial charge in [-0.3, -0.25) is 9.59 Å². The molecule has 148 valence electrons. The lowest BCUT2D eigenvalue weighted by atomic mass is 9.92. The summed E-state index contributed by atoms with van der Waals surface area (Å²) in [4.78, 5) is 22.7. The Morgan fingerprint density at radius 1 is 1.00 bits per heavy atom. The van der Waals surface area contributed by atoms with E-state index in [9.17, 15) is 24.9 Å². The topological polar surface area (TPSA) is 155 Å². The molecule has 0 bridgehead atoms. The number of nitrogens with one attached hydrogen (secondary N) is 1. The largest absolute Gasteiger partial charge is 0.469 e. The molecule has 0 aliphatic rings. The van der Waals surface area contributed by atoms with Crippen LogP contribution < -0.4 is 5.32 Å². The van der Waals surface area contributed by atoms with Crippen LogP contribution in [0.25, 0.3) is 0 Å². The number of carbonyl (C=O) groups is 2. The molecule has 25 heavy (non-hydrogen) atoms. The highest BCUT2D eigenvalue weighted by molar-refractivity contribution is 5.73. The molecule has 1 amide bonds. The van der Waals surface area contributed by atoms with Gasteiger partial charge in [-0.15, -0.1) is 0 Å². The number of esters is 1. The molecule has 0 aliphatic heterocycles. The van der Waals surface area contributed by atoms with Crippen molar-refractivity contribution < 1.29 is 44.2 Å². The molecule has 0 heterocycles. The number of rotatable bonds is 12. The summed E-state index contributed by atoms with van der Waals surface area (Å²) < 4.78 is 14.8. The highest BCUT2D eigenvalue weighted by Crippen LogP contribution is 2.18. The highest BCUT2D eigenvalue weighted by atomic mass is 16.5. The molecule has 0 saturated heterocycles. The molecular formula is C15H29NO9. The third-order valence-corrected chi connectivity index (χ3v) is 3.72. The molecular weight excluding hydrogens is 338 g/mol. The van der Waals surface area contributed by atoms with Gasteiger partial charge in [0, 0.05) is 27.6 Å². The van der Waals surface area contributed by atoms with Gasteiger partial charge < -0.3 is 40.0 Å². The first-order chi connectivity index (χ1) is 11.7. The molecule has 5 N–H and O–H groups in total. The second-order valence-electron chi connectivity index (χ2n) is 5.61. The molecule has 0 fully saturated rings. The molecule has 0 saturated carbocycles. The molecule has 1 unspecified atom stereocenters. The van der Waals surface area contributed by atoms with Gasteiger partial charge in [-0.25, -0.2) is 0 Å². The zero-order chi connectivity index (χ0) is 19.6. The smallest absolute Gasteiger partial charge is 0.308 e.